The first kappa shape index (κ1) is 32.4. The molecule has 0 fully saturated rings. The molecule has 1 aliphatic heterocycles. The van der Waals surface area contributed by atoms with Crippen molar-refractivity contribution in [3.63, 3.8) is 0 Å². The molecule has 2 atom stereocenters. The van der Waals surface area contributed by atoms with Gasteiger partial charge < -0.3 is 4.42 Å². The quantitative estimate of drug-likeness (QED) is 0.169. The first-order valence-electron chi connectivity index (χ1n) is 20.2. The number of nitrogens with zero attached hydrogens (tertiary/aromatic N) is 3. The predicted octanol–water partition coefficient (Wildman–Crippen LogP) is 14.2. The van der Waals surface area contributed by atoms with Crippen LogP contribution >= 0.6 is 0 Å². The minimum absolute atomic E-state index is 0.0461. The van der Waals surface area contributed by atoms with Crippen molar-refractivity contribution in [1.82, 2.24) is 9.97 Å². The molecule has 2 aliphatic rings. The van der Waals surface area contributed by atoms with Gasteiger partial charge in [-0.15, -0.1) is 0 Å². The van der Waals surface area contributed by atoms with Crippen LogP contribution in [-0.2, 0) is 0 Å². The average molecular weight is 752 g/mol. The van der Waals surface area contributed by atoms with Gasteiger partial charge in [0.2, 0.25) is 0 Å². The van der Waals surface area contributed by atoms with Crippen LogP contribution in [0.15, 0.2) is 192 Å². The first-order valence-corrected chi connectivity index (χ1v) is 20.2. The zero-order chi connectivity index (χ0) is 38.6. The molecule has 13 rings (SSSR count). The molecule has 0 N–H and O–H groups in total. The summed E-state index contributed by atoms with van der Waals surface area (Å²) < 4.78 is 6.65. The van der Waals surface area contributed by atoms with Crippen LogP contribution in [0, 0.1) is 5.92 Å². The fourth-order valence-electron chi connectivity index (χ4n) is 10.0. The minimum Gasteiger partial charge on any atom is -0.460 e. The van der Waals surface area contributed by atoms with Crippen molar-refractivity contribution in [3.05, 3.63) is 205 Å². The number of para-hydroxylation sites is 2. The van der Waals surface area contributed by atoms with Crippen LogP contribution in [0.4, 0.5) is 5.69 Å². The van der Waals surface area contributed by atoms with Crippen molar-refractivity contribution in [2.75, 3.05) is 0 Å². The molecular formula is C55H33N3O. The summed E-state index contributed by atoms with van der Waals surface area (Å²) >= 11 is 0. The van der Waals surface area contributed by atoms with Gasteiger partial charge in [0.05, 0.1) is 28.4 Å². The number of aromatic nitrogens is 2. The molecular weight excluding hydrogens is 719 g/mol. The van der Waals surface area contributed by atoms with Gasteiger partial charge in [-0.25, -0.2) is 0 Å². The maximum absolute atomic E-state index is 6.65. The summed E-state index contributed by atoms with van der Waals surface area (Å²) in [7, 11) is 0. The second kappa shape index (κ2) is 12.4. The van der Waals surface area contributed by atoms with E-state index in [1.165, 1.54) is 49.0 Å². The lowest BCUT2D eigenvalue weighted by molar-refractivity contribution is 0.493. The Hall–Kier alpha value is -7.69. The summed E-state index contributed by atoms with van der Waals surface area (Å²) in [4.78, 5) is 14.8. The lowest BCUT2D eigenvalue weighted by Crippen LogP contribution is -2.27. The van der Waals surface area contributed by atoms with Crippen LogP contribution in [0.1, 0.15) is 28.4 Å². The molecule has 0 radical (unpaired) electrons. The maximum atomic E-state index is 6.65. The standard InChI is InChI=1S/C55H33N3O/c1-2-13-39-38(12-1)47-30-34(19-21-40(47)41-22-20-35(31-48(39)41)37-26-28-57-54-43(37)23-18-32-11-8-27-56-53(32)54)33-9-7-10-36(29-33)52-46-25-24-44-42-14-4-6-17-50(42)59-55(44)51(46)45-15-3-5-16-49(45)58-52/h1-31,46,51H. The largest absolute Gasteiger partial charge is 0.460 e. The minimum atomic E-state index is 0.0461. The Morgan fingerprint density at radius 2 is 1.15 bits per heavy atom. The van der Waals surface area contributed by atoms with Gasteiger partial charge >= 0.3 is 0 Å². The second-order valence-corrected chi connectivity index (χ2v) is 15.8. The van der Waals surface area contributed by atoms with Crippen LogP contribution in [0.25, 0.3) is 93.4 Å². The van der Waals surface area contributed by atoms with E-state index in [-0.39, 0.29) is 11.8 Å². The summed E-state index contributed by atoms with van der Waals surface area (Å²) in [6.07, 6.45) is 8.34. The van der Waals surface area contributed by atoms with E-state index in [2.05, 4.69) is 164 Å². The number of fused-ring (bicyclic) bond motifs is 16. The lowest BCUT2D eigenvalue weighted by atomic mass is 9.72. The van der Waals surface area contributed by atoms with Crippen molar-refractivity contribution < 1.29 is 4.42 Å². The maximum Gasteiger partial charge on any atom is 0.134 e. The van der Waals surface area contributed by atoms with Crippen LogP contribution < -0.4 is 0 Å². The zero-order valence-corrected chi connectivity index (χ0v) is 31.8. The van der Waals surface area contributed by atoms with Gasteiger partial charge in [0.1, 0.15) is 11.3 Å². The normalized spacial score (nSPS) is 15.8. The van der Waals surface area contributed by atoms with E-state index >= 15 is 0 Å². The number of benzene rings is 8. The monoisotopic (exact) mass is 751 g/mol. The third-order valence-corrected chi connectivity index (χ3v) is 12.7. The van der Waals surface area contributed by atoms with Crippen molar-refractivity contribution in [2.45, 2.75) is 5.92 Å². The fourth-order valence-corrected chi connectivity index (χ4v) is 10.0. The molecule has 1 aliphatic carbocycles. The molecule has 0 amide bonds. The Kier molecular flexibility index (Phi) is 6.81. The van der Waals surface area contributed by atoms with E-state index < -0.39 is 0 Å². The molecule has 0 spiro atoms. The molecule has 0 saturated heterocycles. The van der Waals surface area contributed by atoms with Gasteiger partial charge in [-0.05, 0) is 108 Å². The van der Waals surface area contributed by atoms with Gasteiger partial charge in [0.25, 0.3) is 0 Å². The number of pyridine rings is 2. The molecule has 4 heteroatoms. The topological polar surface area (TPSA) is 51.3 Å². The van der Waals surface area contributed by atoms with E-state index in [4.69, 9.17) is 19.4 Å². The van der Waals surface area contributed by atoms with Gasteiger partial charge in [0, 0.05) is 40.0 Å². The zero-order valence-electron chi connectivity index (χ0n) is 31.8. The highest BCUT2D eigenvalue weighted by Crippen LogP contribution is 2.50. The average Bonchev–Trinajstić information content (AvgIpc) is 3.70. The van der Waals surface area contributed by atoms with E-state index in [1.807, 2.05) is 24.5 Å². The van der Waals surface area contributed by atoms with E-state index in [9.17, 15) is 0 Å². The Bertz CT molecular complexity index is 3630. The summed E-state index contributed by atoms with van der Waals surface area (Å²) in [6.45, 7) is 0. The molecule has 11 aromatic rings. The van der Waals surface area contributed by atoms with Crippen LogP contribution in [0.2, 0.25) is 0 Å². The third kappa shape index (κ3) is 4.81. The Labute approximate surface area is 339 Å². The third-order valence-electron chi connectivity index (χ3n) is 12.7. The molecule has 4 nitrogen and oxygen atoms in total. The summed E-state index contributed by atoms with van der Waals surface area (Å²) in [6, 6.07) is 59.1. The Balaban J connectivity index is 0.933. The summed E-state index contributed by atoms with van der Waals surface area (Å²) in [5, 5.41) is 10.8. The molecule has 0 bridgehead atoms. The van der Waals surface area contributed by atoms with Crippen molar-refractivity contribution >= 4 is 82.6 Å². The molecule has 0 saturated carbocycles. The van der Waals surface area contributed by atoms with Gasteiger partial charge in [-0.3, -0.25) is 15.0 Å². The number of allylic oxidation sites excluding steroid dienone is 1. The summed E-state index contributed by atoms with van der Waals surface area (Å²) in [5.41, 5.74) is 13.0. The second-order valence-electron chi connectivity index (χ2n) is 15.8. The van der Waals surface area contributed by atoms with Gasteiger partial charge in [-0.1, -0.05) is 133 Å². The highest BCUT2D eigenvalue weighted by Gasteiger charge is 2.39. The van der Waals surface area contributed by atoms with Crippen LogP contribution in [0.5, 0.6) is 0 Å². The van der Waals surface area contributed by atoms with Gasteiger partial charge in [-0.2, -0.15) is 0 Å². The molecule has 274 valence electrons. The van der Waals surface area contributed by atoms with Crippen LogP contribution in [0.3, 0.4) is 0 Å². The van der Waals surface area contributed by atoms with Crippen molar-refractivity contribution in [3.8, 4) is 22.3 Å². The number of rotatable bonds is 3. The molecule has 4 heterocycles. The number of hydrogen-bond donors (Lipinski definition) is 0. The molecule has 59 heavy (non-hydrogen) atoms. The number of furan rings is 1. The number of hydrogen-bond acceptors (Lipinski definition) is 4. The Morgan fingerprint density at radius 1 is 0.458 bits per heavy atom. The highest BCUT2D eigenvalue weighted by molar-refractivity contribution is 6.26. The van der Waals surface area contributed by atoms with Crippen molar-refractivity contribution in [1.29, 1.82) is 0 Å². The smallest absolute Gasteiger partial charge is 0.134 e. The number of aliphatic imine (C=N–C) groups is 1. The fraction of sp³-hybridized carbons (Fsp3) is 0.0364. The summed E-state index contributed by atoms with van der Waals surface area (Å²) in [5.74, 6) is 1.12. The van der Waals surface area contributed by atoms with E-state index in [0.29, 0.717) is 0 Å². The predicted molar refractivity (Wildman–Crippen MR) is 244 cm³/mol. The van der Waals surface area contributed by atoms with Crippen molar-refractivity contribution in [2.24, 2.45) is 10.9 Å². The molecule has 2 unspecified atom stereocenters. The molecule has 8 aromatic carbocycles. The molecule has 3 aromatic heterocycles. The Morgan fingerprint density at radius 3 is 2.03 bits per heavy atom. The highest BCUT2D eigenvalue weighted by atomic mass is 16.3. The SMILES string of the molecule is C1=CC2C(c3cccc(-c4ccc5c6ccc(-c7ccnc8c7ccc7cccnc78)cc6c6ccccc6c5c4)c3)=Nc3ccccc3C2c2oc3ccccc3c21. The first-order chi connectivity index (χ1) is 29.2. The van der Waals surface area contributed by atoms with Gasteiger partial charge in [0.15, 0.2) is 0 Å². The van der Waals surface area contributed by atoms with Crippen LogP contribution in [-0.4, -0.2) is 15.7 Å². The van der Waals surface area contributed by atoms with E-state index in [1.54, 1.807) is 0 Å². The lowest BCUT2D eigenvalue weighted by Gasteiger charge is -2.33. The van der Waals surface area contributed by atoms with E-state index in [0.717, 1.165) is 72.2 Å².